The van der Waals surface area contributed by atoms with Crippen LogP contribution in [0, 0.1) is 0 Å². The Morgan fingerprint density at radius 3 is 2.64 bits per heavy atom. The van der Waals surface area contributed by atoms with Gasteiger partial charge in [0.25, 0.3) is 0 Å². The summed E-state index contributed by atoms with van der Waals surface area (Å²) in [4.78, 5) is 4.34. The van der Waals surface area contributed by atoms with E-state index < -0.39 is 0 Å². The zero-order valence-electron chi connectivity index (χ0n) is 11.4. The second kappa shape index (κ2) is 6.81. The lowest BCUT2D eigenvalue weighted by Gasteiger charge is -2.00. The molecule has 0 radical (unpaired) electrons. The van der Waals surface area contributed by atoms with Gasteiger partial charge in [0.15, 0.2) is 0 Å². The van der Waals surface area contributed by atoms with Gasteiger partial charge in [-0.3, -0.25) is 0 Å². The smallest absolute Gasteiger partial charge is 0.138 e. The molecule has 0 saturated carbocycles. The Hall–Kier alpha value is -2.04. The van der Waals surface area contributed by atoms with Crippen LogP contribution < -0.4 is 0 Å². The minimum atomic E-state index is 0.417. The molecule has 108 valence electrons. The van der Waals surface area contributed by atoms with Crippen LogP contribution in [0.3, 0.4) is 0 Å². The van der Waals surface area contributed by atoms with Crippen molar-refractivity contribution in [2.45, 2.75) is 0 Å². The zero-order chi connectivity index (χ0) is 15.4. The number of halogens is 2. The highest BCUT2D eigenvalue weighted by atomic mass is 79.9. The van der Waals surface area contributed by atoms with E-state index in [1.165, 1.54) is 0 Å². The van der Waals surface area contributed by atoms with Gasteiger partial charge in [0.2, 0.25) is 0 Å². The summed E-state index contributed by atoms with van der Waals surface area (Å²) in [6.07, 6.45) is 3.29. The van der Waals surface area contributed by atoms with E-state index in [9.17, 15) is 0 Å². The maximum absolute atomic E-state index is 6.16. The number of benzene rings is 2. The van der Waals surface area contributed by atoms with Crippen molar-refractivity contribution in [2.24, 2.45) is 10.2 Å². The Morgan fingerprint density at radius 1 is 0.955 bits per heavy atom. The van der Waals surface area contributed by atoms with Crippen LogP contribution >= 0.6 is 27.5 Å². The molecule has 5 heteroatoms. The second-order valence-corrected chi connectivity index (χ2v) is 5.88. The van der Waals surface area contributed by atoms with E-state index in [0.717, 1.165) is 26.5 Å². The molecule has 22 heavy (non-hydrogen) atoms. The average Bonchev–Trinajstić information content (AvgIpc) is 2.52. The van der Waals surface area contributed by atoms with Crippen LogP contribution in [0.2, 0.25) is 5.15 Å². The summed E-state index contributed by atoms with van der Waals surface area (Å²) in [5, 5.41) is 9.51. The van der Waals surface area contributed by atoms with Crippen molar-refractivity contribution >= 4 is 50.9 Å². The number of hydrogen-bond donors (Lipinski definition) is 0. The fourth-order valence-electron chi connectivity index (χ4n) is 1.98. The van der Waals surface area contributed by atoms with Gasteiger partial charge in [-0.1, -0.05) is 57.9 Å². The third-order valence-electron chi connectivity index (χ3n) is 3.02. The van der Waals surface area contributed by atoms with Crippen LogP contribution in [-0.2, 0) is 0 Å². The molecule has 0 bridgehead atoms. The number of nitrogens with zero attached hydrogens (tertiary/aromatic N) is 3. The number of fused-ring (bicyclic) bond motifs is 1. The molecule has 0 unspecified atom stereocenters. The van der Waals surface area contributed by atoms with E-state index in [-0.39, 0.29) is 0 Å². The number of hydrogen-bond acceptors (Lipinski definition) is 3. The minimum Gasteiger partial charge on any atom is -0.235 e. The number of para-hydroxylation sites is 1. The molecular formula is C17H11BrClN3. The molecule has 0 atom stereocenters. The van der Waals surface area contributed by atoms with Crippen LogP contribution in [0.15, 0.2) is 69.3 Å². The monoisotopic (exact) mass is 371 g/mol. The van der Waals surface area contributed by atoms with Gasteiger partial charge in [0, 0.05) is 15.4 Å². The lowest BCUT2D eigenvalue weighted by Crippen LogP contribution is -1.88. The largest absolute Gasteiger partial charge is 0.235 e. The van der Waals surface area contributed by atoms with Gasteiger partial charge in [-0.15, -0.1) is 0 Å². The maximum atomic E-state index is 6.16. The molecule has 0 N–H and O–H groups in total. The number of rotatable bonds is 3. The molecule has 0 amide bonds. The summed E-state index contributed by atoms with van der Waals surface area (Å²) in [6.45, 7) is 0. The molecule has 0 aliphatic heterocycles. The minimum absolute atomic E-state index is 0.417. The van der Waals surface area contributed by atoms with Crippen molar-refractivity contribution in [1.29, 1.82) is 0 Å². The third kappa shape index (κ3) is 3.59. The third-order valence-corrected chi connectivity index (χ3v) is 3.82. The van der Waals surface area contributed by atoms with Crippen molar-refractivity contribution in [3.05, 3.63) is 75.4 Å². The second-order valence-electron chi connectivity index (χ2n) is 4.61. The normalized spacial score (nSPS) is 11.7. The topological polar surface area (TPSA) is 37.6 Å². The van der Waals surface area contributed by atoms with Crippen molar-refractivity contribution in [1.82, 2.24) is 4.98 Å². The molecule has 3 aromatic rings. The molecule has 3 rings (SSSR count). The van der Waals surface area contributed by atoms with Crippen molar-refractivity contribution in [3.8, 4) is 0 Å². The van der Waals surface area contributed by atoms with E-state index >= 15 is 0 Å². The summed E-state index contributed by atoms with van der Waals surface area (Å²) in [6, 6.07) is 17.6. The summed E-state index contributed by atoms with van der Waals surface area (Å²) in [5.74, 6) is 0. The highest BCUT2D eigenvalue weighted by Gasteiger charge is 2.02. The van der Waals surface area contributed by atoms with Gasteiger partial charge >= 0.3 is 0 Å². The highest BCUT2D eigenvalue weighted by molar-refractivity contribution is 9.10. The Morgan fingerprint density at radius 2 is 1.77 bits per heavy atom. The first-order chi connectivity index (χ1) is 10.7. The summed E-state index contributed by atoms with van der Waals surface area (Å²) in [7, 11) is 0. The molecule has 3 nitrogen and oxygen atoms in total. The predicted molar refractivity (Wildman–Crippen MR) is 96.1 cm³/mol. The number of aromatic nitrogens is 1. The SMILES string of the molecule is Clc1nc2ccccc2cc1/C=N/N=C\c1cccc(Br)c1. The standard InChI is InChI=1S/C17H11BrClN3/c18-15-6-3-4-12(8-15)10-20-21-11-14-9-13-5-1-2-7-16(13)22-17(14)19/h1-11H/b20-10-,21-11+. The van der Waals surface area contributed by atoms with E-state index in [1.54, 1.807) is 12.4 Å². The molecule has 1 aromatic heterocycles. The maximum Gasteiger partial charge on any atom is 0.138 e. The van der Waals surface area contributed by atoms with Gasteiger partial charge in [0.1, 0.15) is 5.15 Å². The van der Waals surface area contributed by atoms with Crippen LogP contribution in [0.1, 0.15) is 11.1 Å². The quantitative estimate of drug-likeness (QED) is 0.358. The summed E-state index contributed by atoms with van der Waals surface area (Å²) < 4.78 is 1.00. The van der Waals surface area contributed by atoms with Crippen LogP contribution in [0.4, 0.5) is 0 Å². The molecule has 0 saturated heterocycles. The van der Waals surface area contributed by atoms with Crippen LogP contribution in [0.5, 0.6) is 0 Å². The molecule has 0 aliphatic rings. The van der Waals surface area contributed by atoms with Crippen LogP contribution in [-0.4, -0.2) is 17.4 Å². The fraction of sp³-hybridized carbons (Fsp3) is 0. The molecule has 0 aliphatic carbocycles. The van der Waals surface area contributed by atoms with Crippen molar-refractivity contribution in [2.75, 3.05) is 0 Å². The molecular weight excluding hydrogens is 362 g/mol. The van der Waals surface area contributed by atoms with E-state index in [2.05, 4.69) is 31.1 Å². The molecule has 2 aromatic carbocycles. The Bertz CT molecular complexity index is 875. The van der Waals surface area contributed by atoms with Gasteiger partial charge < -0.3 is 0 Å². The Labute approximate surface area is 141 Å². The fourth-order valence-corrected chi connectivity index (χ4v) is 2.59. The lowest BCUT2D eigenvalue weighted by atomic mass is 10.2. The van der Waals surface area contributed by atoms with E-state index in [1.807, 2.05) is 54.6 Å². The first-order valence-electron chi connectivity index (χ1n) is 6.59. The Balaban J connectivity index is 1.82. The summed E-state index contributed by atoms with van der Waals surface area (Å²) in [5.41, 5.74) is 2.57. The van der Waals surface area contributed by atoms with Gasteiger partial charge in [-0.05, 0) is 29.8 Å². The Kier molecular flexibility index (Phi) is 4.61. The highest BCUT2D eigenvalue weighted by Crippen LogP contribution is 2.19. The van der Waals surface area contributed by atoms with Crippen LogP contribution in [0.25, 0.3) is 10.9 Å². The van der Waals surface area contributed by atoms with Gasteiger partial charge in [-0.25, -0.2) is 4.98 Å². The van der Waals surface area contributed by atoms with Gasteiger partial charge in [0.05, 0.1) is 17.9 Å². The predicted octanol–water partition coefficient (Wildman–Crippen LogP) is 5.10. The number of pyridine rings is 1. The summed E-state index contributed by atoms with van der Waals surface area (Å²) >= 11 is 9.57. The average molecular weight is 373 g/mol. The van der Waals surface area contributed by atoms with Crippen molar-refractivity contribution < 1.29 is 0 Å². The van der Waals surface area contributed by atoms with E-state index in [4.69, 9.17) is 11.6 Å². The first kappa shape index (κ1) is 14.9. The van der Waals surface area contributed by atoms with E-state index in [0.29, 0.717) is 5.15 Å². The zero-order valence-corrected chi connectivity index (χ0v) is 13.8. The molecule has 1 heterocycles. The molecule has 0 spiro atoms. The molecule has 0 fully saturated rings. The first-order valence-corrected chi connectivity index (χ1v) is 7.77. The van der Waals surface area contributed by atoms with Gasteiger partial charge in [-0.2, -0.15) is 10.2 Å². The lowest BCUT2D eigenvalue weighted by molar-refractivity contribution is 1.26. The van der Waals surface area contributed by atoms with Crippen molar-refractivity contribution in [3.63, 3.8) is 0 Å².